The molecule has 0 N–H and O–H groups in total. The van der Waals surface area contributed by atoms with Crippen molar-refractivity contribution in [1.82, 2.24) is 0 Å². The van der Waals surface area contributed by atoms with Crippen molar-refractivity contribution >= 4 is 11.9 Å². The lowest BCUT2D eigenvalue weighted by atomic mass is 9.99. The van der Waals surface area contributed by atoms with Gasteiger partial charge in [0.05, 0.1) is 26.1 Å². The van der Waals surface area contributed by atoms with Crippen LogP contribution in [-0.2, 0) is 23.8 Å². The summed E-state index contributed by atoms with van der Waals surface area (Å²) in [6.07, 6.45) is 7.55. The predicted molar refractivity (Wildman–Crippen MR) is 99.3 cm³/mol. The quantitative estimate of drug-likeness (QED) is 0.300. The molecule has 0 amide bonds. The van der Waals surface area contributed by atoms with E-state index in [1.54, 1.807) is 7.11 Å². The van der Waals surface area contributed by atoms with Crippen molar-refractivity contribution in [3.8, 4) is 0 Å². The zero-order valence-corrected chi connectivity index (χ0v) is 16.7. The summed E-state index contributed by atoms with van der Waals surface area (Å²) in [5.74, 6) is 0.298. The third-order valence-corrected chi connectivity index (χ3v) is 4.15. The van der Waals surface area contributed by atoms with Gasteiger partial charge in [-0.05, 0) is 37.5 Å². The molecule has 1 atom stereocenters. The Bertz CT molecular complexity index is 341. The van der Waals surface area contributed by atoms with Gasteiger partial charge in [-0.2, -0.15) is 0 Å². The Labute approximate surface area is 153 Å². The van der Waals surface area contributed by atoms with Crippen LogP contribution in [0.4, 0.5) is 0 Å². The highest BCUT2D eigenvalue weighted by molar-refractivity contribution is 5.77. The minimum Gasteiger partial charge on any atom is -0.466 e. The van der Waals surface area contributed by atoms with E-state index < -0.39 is 0 Å². The lowest BCUT2D eigenvalue weighted by Gasteiger charge is -2.16. The summed E-state index contributed by atoms with van der Waals surface area (Å²) in [5.41, 5.74) is 0. The largest absolute Gasteiger partial charge is 0.466 e. The fourth-order valence-corrected chi connectivity index (χ4v) is 2.52. The summed E-state index contributed by atoms with van der Waals surface area (Å²) in [6.45, 7) is 7.97. The van der Waals surface area contributed by atoms with Crippen molar-refractivity contribution in [2.45, 2.75) is 78.6 Å². The summed E-state index contributed by atoms with van der Waals surface area (Å²) < 4.78 is 15.6. The van der Waals surface area contributed by atoms with Gasteiger partial charge < -0.3 is 14.2 Å². The molecule has 0 aromatic rings. The SMILES string of the molecule is CCCCCC(CCOC)COC(=O)CCC(=O)OCCCC(C)C. The number of carbonyl (C=O) groups excluding carboxylic acids is 2. The highest BCUT2D eigenvalue weighted by Crippen LogP contribution is 2.15. The average molecular weight is 359 g/mol. The van der Waals surface area contributed by atoms with Crippen LogP contribution >= 0.6 is 0 Å². The number of hydrogen-bond acceptors (Lipinski definition) is 5. The highest BCUT2D eigenvalue weighted by Gasteiger charge is 2.14. The van der Waals surface area contributed by atoms with Crippen molar-refractivity contribution in [1.29, 1.82) is 0 Å². The van der Waals surface area contributed by atoms with Crippen molar-refractivity contribution < 1.29 is 23.8 Å². The molecule has 5 heteroatoms. The molecule has 148 valence electrons. The molecule has 0 aromatic carbocycles. The lowest BCUT2D eigenvalue weighted by Crippen LogP contribution is -2.17. The molecule has 0 saturated carbocycles. The van der Waals surface area contributed by atoms with Crippen LogP contribution in [0.2, 0.25) is 0 Å². The topological polar surface area (TPSA) is 61.8 Å². The van der Waals surface area contributed by atoms with Crippen LogP contribution in [0.3, 0.4) is 0 Å². The van der Waals surface area contributed by atoms with E-state index in [2.05, 4.69) is 20.8 Å². The molecule has 0 aliphatic carbocycles. The number of methoxy groups -OCH3 is 1. The Morgan fingerprint density at radius 3 is 2.12 bits per heavy atom. The summed E-state index contributed by atoms with van der Waals surface area (Å²) in [6, 6.07) is 0. The van der Waals surface area contributed by atoms with E-state index in [4.69, 9.17) is 14.2 Å². The number of rotatable bonds is 16. The van der Waals surface area contributed by atoms with E-state index in [9.17, 15) is 9.59 Å². The van der Waals surface area contributed by atoms with Crippen molar-refractivity contribution in [3.05, 3.63) is 0 Å². The van der Waals surface area contributed by atoms with Crippen molar-refractivity contribution in [2.75, 3.05) is 26.9 Å². The van der Waals surface area contributed by atoms with Crippen LogP contribution in [0, 0.1) is 11.8 Å². The van der Waals surface area contributed by atoms with E-state index >= 15 is 0 Å². The van der Waals surface area contributed by atoms with Gasteiger partial charge in [-0.15, -0.1) is 0 Å². The van der Waals surface area contributed by atoms with Gasteiger partial charge in [-0.25, -0.2) is 0 Å². The minimum absolute atomic E-state index is 0.0922. The molecular weight excluding hydrogens is 320 g/mol. The van der Waals surface area contributed by atoms with Crippen LogP contribution in [0.25, 0.3) is 0 Å². The number of ether oxygens (including phenoxy) is 3. The Morgan fingerprint density at radius 1 is 0.840 bits per heavy atom. The molecule has 1 unspecified atom stereocenters. The fourth-order valence-electron chi connectivity index (χ4n) is 2.52. The van der Waals surface area contributed by atoms with E-state index in [-0.39, 0.29) is 24.8 Å². The minimum atomic E-state index is -0.322. The van der Waals surface area contributed by atoms with Gasteiger partial charge in [0, 0.05) is 13.7 Å². The molecule has 0 radical (unpaired) electrons. The zero-order chi connectivity index (χ0) is 18.9. The molecular formula is C20H38O5. The molecule has 0 aromatic heterocycles. The third-order valence-electron chi connectivity index (χ3n) is 4.15. The fraction of sp³-hybridized carbons (Fsp3) is 0.900. The summed E-state index contributed by atoms with van der Waals surface area (Å²) >= 11 is 0. The Balaban J connectivity index is 3.87. The van der Waals surface area contributed by atoms with Crippen LogP contribution in [-0.4, -0.2) is 38.9 Å². The first-order chi connectivity index (χ1) is 12.0. The highest BCUT2D eigenvalue weighted by atomic mass is 16.5. The Kier molecular flexibility index (Phi) is 15.7. The Morgan fingerprint density at radius 2 is 1.52 bits per heavy atom. The second-order valence-electron chi connectivity index (χ2n) is 7.08. The Hall–Kier alpha value is -1.10. The van der Waals surface area contributed by atoms with E-state index in [0.717, 1.165) is 32.1 Å². The maximum absolute atomic E-state index is 11.8. The predicted octanol–water partition coefficient (Wildman–Crippen LogP) is 4.52. The smallest absolute Gasteiger partial charge is 0.306 e. The maximum atomic E-state index is 11.8. The first-order valence-electron chi connectivity index (χ1n) is 9.79. The van der Waals surface area contributed by atoms with E-state index in [1.165, 1.54) is 12.8 Å². The van der Waals surface area contributed by atoms with Gasteiger partial charge >= 0.3 is 11.9 Å². The number of carbonyl (C=O) groups is 2. The van der Waals surface area contributed by atoms with Crippen molar-refractivity contribution in [3.63, 3.8) is 0 Å². The van der Waals surface area contributed by atoms with Crippen LogP contribution in [0.15, 0.2) is 0 Å². The van der Waals surface area contributed by atoms with Crippen LogP contribution < -0.4 is 0 Å². The molecule has 0 heterocycles. The van der Waals surface area contributed by atoms with E-state index in [1.807, 2.05) is 0 Å². The molecule has 0 aliphatic rings. The summed E-state index contributed by atoms with van der Waals surface area (Å²) in [7, 11) is 1.68. The van der Waals surface area contributed by atoms with Gasteiger partial charge in [-0.1, -0.05) is 40.0 Å². The number of unbranched alkanes of at least 4 members (excludes halogenated alkanes) is 2. The van der Waals surface area contributed by atoms with Gasteiger partial charge in [-0.3, -0.25) is 9.59 Å². The average Bonchev–Trinajstić information content (AvgIpc) is 2.58. The van der Waals surface area contributed by atoms with E-state index in [0.29, 0.717) is 31.7 Å². The van der Waals surface area contributed by atoms with Gasteiger partial charge in [0.1, 0.15) is 0 Å². The number of hydrogen-bond donors (Lipinski definition) is 0. The second kappa shape index (κ2) is 16.4. The van der Waals surface area contributed by atoms with Gasteiger partial charge in [0.15, 0.2) is 0 Å². The molecule has 0 aliphatic heterocycles. The molecule has 0 saturated heterocycles. The standard InChI is InChI=1S/C20H38O5/c1-5-6-7-10-18(13-15-23-4)16-25-20(22)12-11-19(21)24-14-8-9-17(2)3/h17-18H,5-16H2,1-4H3. The monoisotopic (exact) mass is 358 g/mol. The second-order valence-corrected chi connectivity index (χ2v) is 7.08. The normalized spacial score (nSPS) is 12.2. The zero-order valence-electron chi connectivity index (χ0n) is 16.7. The molecule has 0 fully saturated rings. The summed E-state index contributed by atoms with van der Waals surface area (Å²) in [5, 5.41) is 0. The van der Waals surface area contributed by atoms with Crippen LogP contribution in [0.1, 0.15) is 78.6 Å². The third kappa shape index (κ3) is 16.1. The van der Waals surface area contributed by atoms with Gasteiger partial charge in [0.25, 0.3) is 0 Å². The van der Waals surface area contributed by atoms with Crippen LogP contribution in [0.5, 0.6) is 0 Å². The molecule has 0 bridgehead atoms. The molecule has 5 nitrogen and oxygen atoms in total. The first kappa shape index (κ1) is 23.9. The first-order valence-corrected chi connectivity index (χ1v) is 9.79. The lowest BCUT2D eigenvalue weighted by molar-refractivity contribution is -0.151. The maximum Gasteiger partial charge on any atom is 0.306 e. The number of esters is 2. The summed E-state index contributed by atoms with van der Waals surface area (Å²) in [4.78, 5) is 23.4. The molecule has 0 spiro atoms. The molecule has 25 heavy (non-hydrogen) atoms. The van der Waals surface area contributed by atoms with Crippen molar-refractivity contribution in [2.24, 2.45) is 11.8 Å². The van der Waals surface area contributed by atoms with Gasteiger partial charge in [0.2, 0.25) is 0 Å². The molecule has 0 rings (SSSR count).